The van der Waals surface area contributed by atoms with E-state index in [9.17, 15) is 14.7 Å². The molecule has 3 aromatic rings. The Hall–Kier alpha value is -3.59. The van der Waals surface area contributed by atoms with Gasteiger partial charge in [0.1, 0.15) is 28.9 Å². The molecule has 190 valence electrons. The number of nitrogens with one attached hydrogen (secondary N) is 1. The van der Waals surface area contributed by atoms with Gasteiger partial charge in [-0.3, -0.25) is 10.1 Å². The van der Waals surface area contributed by atoms with E-state index < -0.39 is 18.2 Å². The molecule has 3 atom stereocenters. The molecule has 2 heterocycles. The number of rotatable bonds is 8. The minimum absolute atomic E-state index is 0.0252. The van der Waals surface area contributed by atoms with Crippen LogP contribution in [0.4, 0.5) is 10.5 Å². The zero-order chi connectivity index (χ0) is 25.7. The van der Waals surface area contributed by atoms with Gasteiger partial charge in [-0.25, -0.2) is 9.78 Å². The van der Waals surface area contributed by atoms with E-state index in [1.54, 1.807) is 44.2 Å². The van der Waals surface area contributed by atoms with Gasteiger partial charge < -0.3 is 19.1 Å². The lowest BCUT2D eigenvalue weighted by Gasteiger charge is -2.28. The molecule has 1 fully saturated rings. The summed E-state index contributed by atoms with van der Waals surface area (Å²) in [5.74, 6) is -0.371. The van der Waals surface area contributed by atoms with Gasteiger partial charge in [0.05, 0.1) is 18.7 Å². The average Bonchev–Trinajstić information content (AvgIpc) is 3.23. The third-order valence-electron chi connectivity index (χ3n) is 6.38. The maximum atomic E-state index is 12.6. The Morgan fingerprint density at radius 2 is 2.00 bits per heavy atom. The van der Waals surface area contributed by atoms with Crippen molar-refractivity contribution in [1.29, 1.82) is 0 Å². The molecule has 1 saturated carbocycles. The number of aryl methyl sites for hydroxylation is 1. The lowest BCUT2D eigenvalue weighted by molar-refractivity contribution is -0.145. The number of hydrogen-bond acceptors (Lipinski definition) is 7. The van der Waals surface area contributed by atoms with Gasteiger partial charge in [0.2, 0.25) is 5.76 Å². The van der Waals surface area contributed by atoms with E-state index in [1.165, 1.54) is 6.20 Å². The monoisotopic (exact) mass is 513 g/mol. The lowest BCUT2D eigenvalue weighted by Crippen LogP contribution is -2.31. The number of carboxylic acid groups (broad SMARTS) is 1. The number of aliphatic carboxylic acids is 1. The van der Waals surface area contributed by atoms with E-state index in [-0.39, 0.29) is 17.6 Å². The highest BCUT2D eigenvalue weighted by atomic mass is 35.5. The SMILES string of the molecule is Cc1noc(-c2ccc(OC[C@H]3CCCC[C@H]3C(=O)O)cn2)c1NC(=O)O[C@H](C)c1ccccc1Cl. The zero-order valence-corrected chi connectivity index (χ0v) is 20.8. The molecule has 1 amide bonds. The standard InChI is InChI=1S/C26H28ClN3O6/c1-15-23(29-26(33)35-16(2)19-8-5-6-10-21(19)27)24(36-30-15)22-12-11-18(13-28-22)34-14-17-7-3-4-9-20(17)25(31)32/h5-6,8,10-13,16-17,20H,3-4,7,9,14H2,1-2H3,(H,29,33)(H,31,32)/t16-,17-,20-/m1/s1. The summed E-state index contributed by atoms with van der Waals surface area (Å²) in [6.07, 6.45) is 3.74. The van der Waals surface area contributed by atoms with Crippen LogP contribution in [-0.4, -0.2) is 33.9 Å². The minimum atomic E-state index is -0.766. The fourth-order valence-corrected chi connectivity index (χ4v) is 4.68. The Kier molecular flexibility index (Phi) is 8.10. The molecule has 9 nitrogen and oxygen atoms in total. The van der Waals surface area contributed by atoms with Crippen LogP contribution in [-0.2, 0) is 9.53 Å². The van der Waals surface area contributed by atoms with E-state index in [4.69, 9.17) is 25.6 Å². The summed E-state index contributed by atoms with van der Waals surface area (Å²) in [5, 5.41) is 16.6. The quantitative estimate of drug-likeness (QED) is 0.360. The van der Waals surface area contributed by atoms with Crippen LogP contribution in [0.15, 0.2) is 47.1 Å². The number of ether oxygens (including phenoxy) is 2. The Bertz CT molecular complexity index is 1210. The number of pyridine rings is 1. The van der Waals surface area contributed by atoms with Crippen LogP contribution in [0.5, 0.6) is 5.75 Å². The van der Waals surface area contributed by atoms with Crippen molar-refractivity contribution < 1.29 is 28.7 Å². The van der Waals surface area contributed by atoms with Crippen molar-refractivity contribution in [2.75, 3.05) is 11.9 Å². The van der Waals surface area contributed by atoms with Crippen molar-refractivity contribution in [2.24, 2.45) is 11.8 Å². The summed E-state index contributed by atoms with van der Waals surface area (Å²) in [5.41, 5.74) is 1.95. The number of carbonyl (C=O) groups is 2. The maximum Gasteiger partial charge on any atom is 0.412 e. The summed E-state index contributed by atoms with van der Waals surface area (Å²) in [6, 6.07) is 10.6. The van der Waals surface area contributed by atoms with E-state index in [0.717, 1.165) is 19.3 Å². The number of aromatic nitrogens is 2. The molecular weight excluding hydrogens is 486 g/mol. The molecule has 0 unspecified atom stereocenters. The van der Waals surface area contributed by atoms with Gasteiger partial charge in [-0.05, 0) is 44.9 Å². The molecule has 1 aromatic carbocycles. The first kappa shape index (κ1) is 25.5. The molecule has 10 heteroatoms. The molecule has 4 rings (SSSR count). The molecule has 0 aliphatic heterocycles. The average molecular weight is 514 g/mol. The highest BCUT2D eigenvalue weighted by Gasteiger charge is 2.31. The van der Waals surface area contributed by atoms with E-state index in [1.807, 2.05) is 6.07 Å². The largest absolute Gasteiger partial charge is 0.492 e. The first-order chi connectivity index (χ1) is 17.3. The van der Waals surface area contributed by atoms with Crippen molar-refractivity contribution in [2.45, 2.75) is 45.6 Å². The topological polar surface area (TPSA) is 124 Å². The van der Waals surface area contributed by atoms with E-state index in [0.29, 0.717) is 46.4 Å². The van der Waals surface area contributed by atoms with Crippen molar-refractivity contribution in [3.63, 3.8) is 0 Å². The van der Waals surface area contributed by atoms with Gasteiger partial charge in [-0.15, -0.1) is 0 Å². The van der Waals surface area contributed by atoms with Crippen molar-refractivity contribution in [3.05, 3.63) is 58.9 Å². The van der Waals surface area contributed by atoms with Gasteiger partial charge in [-0.1, -0.05) is 47.8 Å². The third-order valence-corrected chi connectivity index (χ3v) is 6.72. The third kappa shape index (κ3) is 5.96. The molecule has 2 aromatic heterocycles. The molecule has 1 aliphatic carbocycles. The summed E-state index contributed by atoms with van der Waals surface area (Å²) < 4.78 is 16.7. The van der Waals surface area contributed by atoms with Gasteiger partial charge in [0.25, 0.3) is 0 Å². The summed E-state index contributed by atoms with van der Waals surface area (Å²) in [6.45, 7) is 3.75. The summed E-state index contributed by atoms with van der Waals surface area (Å²) in [7, 11) is 0. The van der Waals surface area contributed by atoms with E-state index in [2.05, 4.69) is 15.5 Å². The van der Waals surface area contributed by atoms with Gasteiger partial charge in [-0.2, -0.15) is 0 Å². The number of carboxylic acids is 1. The summed E-state index contributed by atoms with van der Waals surface area (Å²) >= 11 is 6.19. The van der Waals surface area contributed by atoms with Crippen LogP contribution < -0.4 is 10.1 Å². The highest BCUT2D eigenvalue weighted by Crippen LogP contribution is 2.33. The number of hydrogen-bond donors (Lipinski definition) is 2. The predicted molar refractivity (Wildman–Crippen MR) is 133 cm³/mol. The smallest absolute Gasteiger partial charge is 0.412 e. The zero-order valence-electron chi connectivity index (χ0n) is 20.1. The van der Waals surface area contributed by atoms with Gasteiger partial charge in [0.15, 0.2) is 0 Å². The Balaban J connectivity index is 1.40. The van der Waals surface area contributed by atoms with Crippen LogP contribution in [0.2, 0.25) is 5.02 Å². The van der Waals surface area contributed by atoms with Crippen LogP contribution >= 0.6 is 11.6 Å². The van der Waals surface area contributed by atoms with E-state index >= 15 is 0 Å². The Morgan fingerprint density at radius 3 is 2.72 bits per heavy atom. The first-order valence-corrected chi connectivity index (χ1v) is 12.2. The predicted octanol–water partition coefficient (Wildman–Crippen LogP) is 6.28. The normalized spacial score (nSPS) is 18.3. The van der Waals surface area contributed by atoms with Crippen LogP contribution in [0.25, 0.3) is 11.5 Å². The fraction of sp³-hybridized carbons (Fsp3) is 0.385. The Morgan fingerprint density at radius 1 is 1.22 bits per heavy atom. The Labute approximate surface area is 213 Å². The second-order valence-corrected chi connectivity index (χ2v) is 9.25. The summed E-state index contributed by atoms with van der Waals surface area (Å²) in [4.78, 5) is 28.5. The van der Waals surface area contributed by atoms with Crippen LogP contribution in [0.3, 0.4) is 0 Å². The second kappa shape index (κ2) is 11.4. The van der Waals surface area contributed by atoms with Gasteiger partial charge >= 0.3 is 12.1 Å². The number of amides is 1. The van der Waals surface area contributed by atoms with Gasteiger partial charge in [0, 0.05) is 16.5 Å². The second-order valence-electron chi connectivity index (χ2n) is 8.85. The molecule has 0 bridgehead atoms. The highest BCUT2D eigenvalue weighted by molar-refractivity contribution is 6.31. The van der Waals surface area contributed by atoms with Crippen LogP contribution in [0.1, 0.15) is 50.0 Å². The molecule has 0 radical (unpaired) electrons. The maximum absolute atomic E-state index is 12.6. The number of anilines is 1. The lowest BCUT2D eigenvalue weighted by atomic mass is 9.80. The molecule has 2 N–H and O–H groups in total. The molecule has 1 aliphatic rings. The van der Waals surface area contributed by atoms with Crippen molar-refractivity contribution in [3.8, 4) is 17.2 Å². The first-order valence-electron chi connectivity index (χ1n) is 11.8. The number of halogens is 1. The van der Waals surface area contributed by atoms with Crippen LogP contribution in [0, 0.1) is 18.8 Å². The molecule has 36 heavy (non-hydrogen) atoms. The number of nitrogens with zero attached hydrogens (tertiary/aromatic N) is 2. The molecule has 0 spiro atoms. The fourth-order valence-electron chi connectivity index (χ4n) is 4.39. The molecule has 0 saturated heterocycles. The molecular formula is C26H28ClN3O6. The van der Waals surface area contributed by atoms with Crippen molar-refractivity contribution >= 4 is 29.4 Å². The minimum Gasteiger partial charge on any atom is -0.492 e. The number of benzene rings is 1. The number of carbonyl (C=O) groups excluding carboxylic acids is 1. The van der Waals surface area contributed by atoms with Crippen molar-refractivity contribution in [1.82, 2.24) is 10.1 Å².